The van der Waals surface area contributed by atoms with Gasteiger partial charge < -0.3 is 4.74 Å². The second kappa shape index (κ2) is 8.49. The van der Waals surface area contributed by atoms with Crippen LogP contribution in [0.5, 0.6) is 5.75 Å². The minimum atomic E-state index is -3.45. The first-order chi connectivity index (χ1) is 17.4. The molecule has 5 aromatic rings. The van der Waals surface area contributed by atoms with Crippen molar-refractivity contribution in [1.82, 2.24) is 24.3 Å². The van der Waals surface area contributed by atoms with Crippen molar-refractivity contribution in [3.63, 3.8) is 0 Å². The lowest BCUT2D eigenvalue weighted by molar-refractivity contribution is 0.415. The zero-order valence-corrected chi connectivity index (χ0v) is 20.6. The normalized spacial score (nSPS) is 13.7. The molecule has 0 aliphatic heterocycles. The third-order valence-corrected chi connectivity index (χ3v) is 8.14. The van der Waals surface area contributed by atoms with Crippen LogP contribution < -0.4 is 9.46 Å². The van der Waals surface area contributed by atoms with Crippen LogP contribution in [-0.2, 0) is 17.1 Å². The van der Waals surface area contributed by atoms with Crippen LogP contribution in [0, 0.1) is 0 Å². The highest BCUT2D eigenvalue weighted by Gasteiger charge is 2.35. The largest absolute Gasteiger partial charge is 0.494 e. The predicted molar refractivity (Wildman–Crippen MR) is 139 cm³/mol. The van der Waals surface area contributed by atoms with Crippen LogP contribution in [0.2, 0.25) is 0 Å². The number of aryl methyl sites for hydroxylation is 1. The van der Waals surface area contributed by atoms with Crippen molar-refractivity contribution >= 4 is 26.7 Å². The van der Waals surface area contributed by atoms with E-state index in [0.29, 0.717) is 30.0 Å². The van der Waals surface area contributed by atoms with Crippen LogP contribution in [0.3, 0.4) is 0 Å². The van der Waals surface area contributed by atoms with Crippen LogP contribution in [0.4, 0.5) is 5.69 Å². The van der Waals surface area contributed by atoms with Gasteiger partial charge in [-0.05, 0) is 60.9 Å². The molecule has 3 aromatic heterocycles. The average molecular weight is 501 g/mol. The summed E-state index contributed by atoms with van der Waals surface area (Å²) >= 11 is 0. The molecule has 36 heavy (non-hydrogen) atoms. The fourth-order valence-electron chi connectivity index (χ4n) is 4.31. The van der Waals surface area contributed by atoms with Crippen molar-refractivity contribution in [3.05, 3.63) is 73.4 Å². The van der Waals surface area contributed by atoms with Gasteiger partial charge in [0.2, 0.25) is 10.0 Å². The molecule has 10 heteroatoms. The highest BCUT2D eigenvalue weighted by atomic mass is 32.2. The van der Waals surface area contributed by atoms with E-state index in [4.69, 9.17) is 4.74 Å². The fraction of sp³-hybridized carbons (Fsp3) is 0.192. The number of aromatic nitrogens is 5. The molecule has 0 saturated heterocycles. The van der Waals surface area contributed by atoms with E-state index >= 15 is 0 Å². The lowest BCUT2D eigenvalue weighted by Gasteiger charge is -2.14. The van der Waals surface area contributed by atoms with Gasteiger partial charge in [0.15, 0.2) is 0 Å². The zero-order chi connectivity index (χ0) is 24.9. The lowest BCUT2D eigenvalue weighted by atomic mass is 10.1. The van der Waals surface area contributed by atoms with Gasteiger partial charge in [-0.15, -0.1) is 0 Å². The Morgan fingerprint density at radius 3 is 2.64 bits per heavy atom. The first-order valence-corrected chi connectivity index (χ1v) is 13.1. The van der Waals surface area contributed by atoms with E-state index in [-0.39, 0.29) is 5.25 Å². The van der Waals surface area contributed by atoms with Crippen molar-refractivity contribution in [2.75, 3.05) is 11.8 Å². The second-order valence-electron chi connectivity index (χ2n) is 8.89. The van der Waals surface area contributed by atoms with Crippen molar-refractivity contribution in [3.8, 4) is 33.8 Å². The molecular weight excluding hydrogens is 476 g/mol. The Kier molecular flexibility index (Phi) is 5.26. The first-order valence-electron chi connectivity index (χ1n) is 11.5. The molecule has 1 fully saturated rings. The molecule has 9 nitrogen and oxygen atoms in total. The first kappa shape index (κ1) is 22.3. The zero-order valence-electron chi connectivity index (χ0n) is 19.8. The summed E-state index contributed by atoms with van der Waals surface area (Å²) in [5, 5.41) is 3.91. The van der Waals surface area contributed by atoms with Gasteiger partial charge in [0.05, 0.1) is 35.3 Å². The molecule has 1 saturated carbocycles. The minimum absolute atomic E-state index is 0.339. The quantitative estimate of drug-likeness (QED) is 0.355. The lowest BCUT2D eigenvalue weighted by Crippen LogP contribution is -2.17. The molecule has 1 N–H and O–H groups in total. The molecule has 1 aliphatic carbocycles. The Morgan fingerprint density at radius 1 is 1.03 bits per heavy atom. The Bertz CT molecular complexity index is 1700. The number of benzene rings is 2. The van der Waals surface area contributed by atoms with Gasteiger partial charge in [-0.2, -0.15) is 5.10 Å². The number of anilines is 1. The van der Waals surface area contributed by atoms with Crippen molar-refractivity contribution in [2.45, 2.75) is 18.1 Å². The SMILES string of the molecule is COc1cccnc1-c1cc(NS(=O)(=O)C2CC2)cc(-n2cnc3cc(-c4cnn(C)c4)ccc32)c1. The van der Waals surface area contributed by atoms with Gasteiger partial charge >= 0.3 is 0 Å². The third kappa shape index (κ3) is 4.09. The van der Waals surface area contributed by atoms with Crippen molar-refractivity contribution in [1.29, 1.82) is 0 Å². The number of pyridine rings is 1. The number of hydrogen-bond acceptors (Lipinski definition) is 6. The Labute approximate surface area is 208 Å². The molecule has 3 heterocycles. The van der Waals surface area contributed by atoms with Gasteiger partial charge in [-0.3, -0.25) is 19.0 Å². The van der Waals surface area contributed by atoms with Gasteiger partial charge in [-0.25, -0.2) is 13.4 Å². The minimum Gasteiger partial charge on any atom is -0.494 e. The summed E-state index contributed by atoms with van der Waals surface area (Å²) in [5.41, 5.74) is 6.31. The van der Waals surface area contributed by atoms with E-state index in [1.165, 1.54) is 0 Å². The van der Waals surface area contributed by atoms with Gasteiger partial charge in [-0.1, -0.05) is 6.07 Å². The van der Waals surface area contributed by atoms with Crippen molar-refractivity contribution in [2.24, 2.45) is 7.05 Å². The number of imidazole rings is 1. The summed E-state index contributed by atoms with van der Waals surface area (Å²) in [6.45, 7) is 0. The molecular formula is C26H24N6O3S. The summed E-state index contributed by atoms with van der Waals surface area (Å²) in [5.74, 6) is 0.599. The number of ether oxygens (including phenoxy) is 1. The summed E-state index contributed by atoms with van der Waals surface area (Å²) in [7, 11) is 0.0203. The number of rotatable bonds is 7. The standard InChI is InChI=1S/C26H24N6O3S/c1-31-15-19(14-29-31)17-5-8-24-23(12-17)28-16-32(24)21-11-18(26-25(35-2)4-3-9-27-26)10-20(13-21)30-36(33,34)22-6-7-22/h3-5,8-16,22,30H,6-7H2,1-2H3. The Morgan fingerprint density at radius 2 is 1.89 bits per heavy atom. The molecule has 1 aliphatic rings. The van der Waals surface area contributed by atoms with Gasteiger partial charge in [0, 0.05) is 36.3 Å². The summed E-state index contributed by atoms with van der Waals surface area (Å²) in [6, 6.07) is 15.2. The maximum Gasteiger partial charge on any atom is 0.235 e. The predicted octanol–water partition coefficient (Wildman–Crippen LogP) is 4.40. The topological polar surface area (TPSA) is 104 Å². The summed E-state index contributed by atoms with van der Waals surface area (Å²) in [6.07, 6.45) is 8.57. The van der Waals surface area contributed by atoms with E-state index in [9.17, 15) is 8.42 Å². The molecule has 0 spiro atoms. The molecule has 2 aromatic carbocycles. The Balaban J connectivity index is 1.48. The summed E-state index contributed by atoms with van der Waals surface area (Å²) in [4.78, 5) is 9.13. The third-order valence-electron chi connectivity index (χ3n) is 6.27. The monoisotopic (exact) mass is 500 g/mol. The van der Waals surface area contributed by atoms with Gasteiger partial charge in [0.1, 0.15) is 17.8 Å². The van der Waals surface area contributed by atoms with Crippen LogP contribution in [0.25, 0.3) is 39.1 Å². The van der Waals surface area contributed by atoms with E-state index < -0.39 is 10.0 Å². The van der Waals surface area contributed by atoms with Crippen LogP contribution in [0.1, 0.15) is 12.8 Å². The smallest absolute Gasteiger partial charge is 0.235 e. The number of fused-ring (bicyclic) bond motifs is 1. The van der Waals surface area contributed by atoms with E-state index in [0.717, 1.165) is 33.4 Å². The van der Waals surface area contributed by atoms with E-state index in [1.54, 1.807) is 36.4 Å². The molecule has 0 atom stereocenters. The van der Waals surface area contributed by atoms with Crippen LogP contribution >= 0.6 is 0 Å². The number of hydrogen-bond donors (Lipinski definition) is 1. The van der Waals surface area contributed by atoms with Crippen LogP contribution in [-0.4, -0.2) is 45.1 Å². The van der Waals surface area contributed by atoms with E-state index in [1.807, 2.05) is 60.4 Å². The molecule has 6 rings (SSSR count). The van der Waals surface area contributed by atoms with Crippen molar-refractivity contribution < 1.29 is 13.2 Å². The maximum absolute atomic E-state index is 12.7. The molecule has 0 unspecified atom stereocenters. The number of sulfonamides is 1. The average Bonchev–Trinajstić information content (AvgIpc) is 3.54. The molecule has 0 radical (unpaired) electrons. The second-order valence-corrected chi connectivity index (χ2v) is 10.9. The van der Waals surface area contributed by atoms with E-state index in [2.05, 4.69) is 19.8 Å². The molecule has 0 bridgehead atoms. The highest BCUT2D eigenvalue weighted by molar-refractivity contribution is 7.93. The number of nitrogens with one attached hydrogen (secondary N) is 1. The summed E-state index contributed by atoms with van der Waals surface area (Å²) < 4.78 is 37.5. The number of methoxy groups -OCH3 is 1. The number of nitrogens with zero attached hydrogens (tertiary/aromatic N) is 5. The van der Waals surface area contributed by atoms with Gasteiger partial charge in [0.25, 0.3) is 0 Å². The fourth-order valence-corrected chi connectivity index (χ4v) is 5.68. The van der Waals surface area contributed by atoms with Crippen LogP contribution in [0.15, 0.2) is 73.4 Å². The maximum atomic E-state index is 12.7. The molecule has 182 valence electrons. The highest BCUT2D eigenvalue weighted by Crippen LogP contribution is 2.35. The Hall–Kier alpha value is -4.18. The molecule has 0 amide bonds.